The van der Waals surface area contributed by atoms with Gasteiger partial charge in [-0.05, 0) is 102 Å². The Morgan fingerprint density at radius 1 is 1.04 bits per heavy atom. The van der Waals surface area contributed by atoms with Crippen molar-refractivity contribution >= 4 is 28.4 Å². The van der Waals surface area contributed by atoms with E-state index < -0.39 is 5.60 Å². The lowest BCUT2D eigenvalue weighted by Gasteiger charge is -2.43. The molecule has 0 spiro atoms. The van der Waals surface area contributed by atoms with Crippen molar-refractivity contribution in [1.82, 2.24) is 19.8 Å². The van der Waals surface area contributed by atoms with Gasteiger partial charge < -0.3 is 24.4 Å². The number of aromatic nitrogens is 2. The third-order valence-corrected chi connectivity index (χ3v) is 11.9. The molecule has 3 aromatic rings. The van der Waals surface area contributed by atoms with Crippen molar-refractivity contribution in [1.29, 1.82) is 0 Å². The first-order valence-corrected chi connectivity index (χ1v) is 18.7. The van der Waals surface area contributed by atoms with Gasteiger partial charge in [-0.15, -0.1) is 0 Å². The molecular weight excluding hydrogens is 635 g/mol. The van der Waals surface area contributed by atoms with E-state index in [0.29, 0.717) is 38.7 Å². The zero-order valence-corrected chi connectivity index (χ0v) is 30.0. The lowest BCUT2D eigenvalue weighted by molar-refractivity contribution is 0.0122. The number of anilines is 2. The molecule has 1 N–H and O–H groups in total. The van der Waals surface area contributed by atoms with Crippen LogP contribution in [0.2, 0.25) is 0 Å². The van der Waals surface area contributed by atoms with Crippen LogP contribution < -0.4 is 14.5 Å². The normalized spacial score (nSPS) is 26.4. The number of piperazine rings is 1. The number of hydrogen-bond donors (Lipinski definition) is 1. The molecule has 2 bridgehead atoms. The number of nitrogens with zero attached hydrogens (tertiary/aromatic N) is 6. The van der Waals surface area contributed by atoms with Crippen LogP contribution in [0.25, 0.3) is 10.8 Å². The van der Waals surface area contributed by atoms with Crippen LogP contribution >= 0.6 is 0 Å². The fourth-order valence-electron chi connectivity index (χ4n) is 9.63. The van der Waals surface area contributed by atoms with E-state index in [1.165, 1.54) is 0 Å². The van der Waals surface area contributed by atoms with Gasteiger partial charge in [0, 0.05) is 42.3 Å². The van der Waals surface area contributed by atoms with Gasteiger partial charge in [0.15, 0.2) is 0 Å². The summed E-state index contributed by atoms with van der Waals surface area (Å²) in [4.78, 5) is 32.6. The second kappa shape index (κ2) is 12.8. The number of benzene rings is 2. The summed E-state index contributed by atoms with van der Waals surface area (Å²) in [6.07, 6.45) is 7.12. The summed E-state index contributed by atoms with van der Waals surface area (Å²) in [6.45, 7) is 12.1. The first kappa shape index (κ1) is 33.4. The smallest absolute Gasteiger partial charge is 0.410 e. The number of aryl methyl sites for hydroxylation is 1. The third-order valence-electron chi connectivity index (χ3n) is 11.9. The van der Waals surface area contributed by atoms with Crippen LogP contribution in [-0.2, 0) is 24.1 Å². The first-order chi connectivity index (χ1) is 24.1. The fourth-order valence-corrected chi connectivity index (χ4v) is 9.63. The quantitative estimate of drug-likeness (QED) is 0.329. The van der Waals surface area contributed by atoms with Crippen LogP contribution in [-0.4, -0.2) is 99.6 Å². The van der Waals surface area contributed by atoms with E-state index in [1.807, 2.05) is 38.7 Å². The van der Waals surface area contributed by atoms with Crippen molar-refractivity contribution in [3.63, 3.8) is 0 Å². The maximum Gasteiger partial charge on any atom is 0.410 e. The Morgan fingerprint density at radius 2 is 1.84 bits per heavy atom. The summed E-state index contributed by atoms with van der Waals surface area (Å²) in [5.41, 5.74) is 3.19. The summed E-state index contributed by atoms with van der Waals surface area (Å²) < 4.78 is 27.5. The highest BCUT2D eigenvalue weighted by molar-refractivity contribution is 5.97. The molecule has 268 valence electrons. The minimum atomic E-state index is -0.545. The number of aliphatic hydroxyl groups is 1. The number of halogens is 1. The Balaban J connectivity index is 1.13. The summed E-state index contributed by atoms with van der Waals surface area (Å²) >= 11 is 0. The van der Waals surface area contributed by atoms with Gasteiger partial charge in [-0.25, -0.2) is 9.18 Å². The Labute approximate surface area is 294 Å². The molecule has 1 amide bonds. The Bertz CT molecular complexity index is 1770. The van der Waals surface area contributed by atoms with Crippen molar-refractivity contribution < 1.29 is 23.8 Å². The van der Waals surface area contributed by atoms with Crippen LogP contribution in [0.3, 0.4) is 0 Å². The average Bonchev–Trinajstić information content (AvgIpc) is 3.75. The van der Waals surface area contributed by atoms with E-state index in [2.05, 4.69) is 32.9 Å². The highest BCUT2D eigenvalue weighted by Crippen LogP contribution is 2.43. The Hall–Kier alpha value is -3.70. The van der Waals surface area contributed by atoms with E-state index in [9.17, 15) is 9.90 Å². The van der Waals surface area contributed by atoms with Crippen molar-refractivity contribution in [2.45, 2.75) is 115 Å². The molecule has 1 aromatic heterocycles. The molecule has 11 heteroatoms. The van der Waals surface area contributed by atoms with Gasteiger partial charge in [-0.3, -0.25) is 9.80 Å². The highest BCUT2D eigenvalue weighted by atomic mass is 19.1. The largest absolute Gasteiger partial charge is 0.461 e. The average molecular weight is 687 g/mol. The fraction of sp³-hybridized carbons (Fsp3) is 0.615. The Kier molecular flexibility index (Phi) is 8.57. The van der Waals surface area contributed by atoms with Gasteiger partial charge in [-0.2, -0.15) is 9.97 Å². The van der Waals surface area contributed by atoms with Crippen LogP contribution in [0, 0.1) is 5.82 Å². The molecular formula is C39H51FN6O4. The van der Waals surface area contributed by atoms with Crippen LogP contribution in [0.15, 0.2) is 30.3 Å². The molecule has 4 saturated heterocycles. The van der Waals surface area contributed by atoms with Crippen molar-refractivity contribution in [2.24, 2.45) is 0 Å². The minimum Gasteiger partial charge on any atom is -0.461 e. The lowest BCUT2D eigenvalue weighted by Crippen LogP contribution is -2.57. The molecule has 0 saturated carbocycles. The van der Waals surface area contributed by atoms with Crippen LogP contribution in [0.5, 0.6) is 6.01 Å². The number of rotatable bonds is 7. The second-order valence-electron chi connectivity index (χ2n) is 16.0. The second-order valence-corrected chi connectivity index (χ2v) is 16.0. The van der Waals surface area contributed by atoms with Gasteiger partial charge in [0.2, 0.25) is 0 Å². The van der Waals surface area contributed by atoms with E-state index in [-0.39, 0.29) is 42.2 Å². The number of amides is 1. The molecule has 4 fully saturated rings. The third kappa shape index (κ3) is 5.84. The number of fused-ring (bicyclic) bond motifs is 5. The highest BCUT2D eigenvalue weighted by Gasteiger charge is 2.50. The predicted molar refractivity (Wildman–Crippen MR) is 191 cm³/mol. The summed E-state index contributed by atoms with van der Waals surface area (Å²) in [5, 5.41) is 12.1. The van der Waals surface area contributed by atoms with Crippen LogP contribution in [0.1, 0.15) is 83.0 Å². The molecule has 5 aliphatic heterocycles. The molecule has 0 unspecified atom stereocenters. The number of carbonyl (C=O) groups excluding carboxylic acids is 1. The Morgan fingerprint density at radius 3 is 2.58 bits per heavy atom. The van der Waals surface area contributed by atoms with Crippen LogP contribution in [0.4, 0.5) is 20.7 Å². The lowest BCUT2D eigenvalue weighted by atomic mass is 9.95. The molecule has 8 rings (SSSR count). The number of carbonyl (C=O) groups is 1. The number of aliphatic hydroxyl groups excluding tert-OH is 1. The predicted octanol–water partition coefficient (Wildman–Crippen LogP) is 5.85. The van der Waals surface area contributed by atoms with E-state index in [4.69, 9.17) is 19.4 Å². The summed E-state index contributed by atoms with van der Waals surface area (Å²) in [6, 6.07) is 10.3. The van der Waals surface area contributed by atoms with Crippen molar-refractivity contribution in [3.8, 4) is 6.01 Å². The number of ether oxygens (including phenoxy) is 2. The molecule has 0 aliphatic carbocycles. The van der Waals surface area contributed by atoms with E-state index in [0.717, 1.165) is 97.1 Å². The SMILES string of the molecule is CCc1c(F)ccc2cccc(N3CCc4c(nc(OC[C@]56CCCN5[C@@H](CO)CC6)nc4N4C[C@H]5CC[C@@H](C4)N5C(=O)OC(C)(C)C)C3)c12. The number of hydrogen-bond acceptors (Lipinski definition) is 9. The van der Waals surface area contributed by atoms with Gasteiger partial charge in [0.05, 0.1) is 36.5 Å². The first-order valence-electron chi connectivity index (χ1n) is 18.7. The molecule has 50 heavy (non-hydrogen) atoms. The van der Waals surface area contributed by atoms with Crippen molar-refractivity contribution in [2.75, 3.05) is 49.2 Å². The maximum atomic E-state index is 15.1. The molecule has 10 nitrogen and oxygen atoms in total. The molecule has 2 aromatic carbocycles. The molecule has 0 radical (unpaired) electrons. The zero-order valence-electron chi connectivity index (χ0n) is 30.0. The van der Waals surface area contributed by atoms with Gasteiger partial charge >= 0.3 is 12.1 Å². The standard InChI is InChI=1S/C39H51FN6O4/c1-5-29-31(40)13-10-25-8-6-9-33(34(25)29)43-19-15-30-32(22-43)41-36(49-24-39-16-7-18-45(39)28(23-47)14-17-39)42-35(30)44-20-26-11-12-27(21-44)46(26)37(48)50-38(2,3)4/h6,8-10,13,26-28,47H,5,7,11-12,14-24H2,1-4H3/t26-,27+,28-,39-/m1/s1. The summed E-state index contributed by atoms with van der Waals surface area (Å²) in [5.74, 6) is 0.741. The molecule has 6 heterocycles. The maximum absolute atomic E-state index is 15.1. The summed E-state index contributed by atoms with van der Waals surface area (Å²) in [7, 11) is 0. The van der Waals surface area contributed by atoms with Crippen molar-refractivity contribution in [3.05, 3.63) is 53.0 Å². The minimum absolute atomic E-state index is 0.0524. The topological polar surface area (TPSA) is 94.5 Å². The van der Waals surface area contributed by atoms with Gasteiger partial charge in [-0.1, -0.05) is 25.1 Å². The van der Waals surface area contributed by atoms with Gasteiger partial charge in [0.1, 0.15) is 23.8 Å². The van der Waals surface area contributed by atoms with Gasteiger partial charge in [0.25, 0.3) is 0 Å². The van der Waals surface area contributed by atoms with E-state index >= 15 is 4.39 Å². The molecule has 4 atom stereocenters. The molecule has 5 aliphatic rings. The monoisotopic (exact) mass is 686 g/mol. The zero-order chi connectivity index (χ0) is 34.8. The van der Waals surface area contributed by atoms with E-state index in [1.54, 1.807) is 6.07 Å².